The molecule has 2 bridgehead atoms. The van der Waals surface area contributed by atoms with Crippen molar-refractivity contribution in [1.82, 2.24) is 0 Å². The largest absolute Gasteiger partial charge is 0.356 e. The summed E-state index contributed by atoms with van der Waals surface area (Å²) in [5.41, 5.74) is -0.446. The molecule has 4 nitrogen and oxygen atoms in total. The van der Waals surface area contributed by atoms with Gasteiger partial charge >= 0.3 is 0 Å². The van der Waals surface area contributed by atoms with E-state index in [1.807, 2.05) is 0 Å². The van der Waals surface area contributed by atoms with E-state index in [0.717, 1.165) is 12.8 Å². The van der Waals surface area contributed by atoms with E-state index in [1.54, 1.807) is 7.11 Å². The molecule has 0 aromatic carbocycles. The molecule has 0 radical (unpaired) electrons. The van der Waals surface area contributed by atoms with E-state index >= 15 is 0 Å². The summed E-state index contributed by atoms with van der Waals surface area (Å²) in [6, 6.07) is 0. The lowest BCUT2D eigenvalue weighted by atomic mass is 9.56. The van der Waals surface area contributed by atoms with Gasteiger partial charge in [-0.3, -0.25) is 0 Å². The Morgan fingerprint density at radius 3 is 2.62 bits per heavy atom. The number of fused-ring (bicyclic) bond motifs is 2. The van der Waals surface area contributed by atoms with Crippen LogP contribution in [0.4, 0.5) is 0 Å². The van der Waals surface area contributed by atoms with Gasteiger partial charge in [-0.05, 0) is 44.4 Å². The van der Waals surface area contributed by atoms with Crippen LogP contribution in [-0.2, 0) is 19.2 Å². The Hall–Kier alpha value is -0.160. The van der Waals surface area contributed by atoms with Crippen LogP contribution in [0.2, 0.25) is 0 Å². The molecule has 5 aliphatic rings. The smallest absolute Gasteiger partial charge is 0.160 e. The van der Waals surface area contributed by atoms with Gasteiger partial charge in [0.15, 0.2) is 6.29 Å². The van der Waals surface area contributed by atoms with Gasteiger partial charge in [0.2, 0.25) is 0 Å². The Morgan fingerprint density at radius 1 is 1.05 bits per heavy atom. The maximum Gasteiger partial charge on any atom is 0.160 e. The molecule has 0 N–H and O–H groups in total. The van der Waals surface area contributed by atoms with Crippen LogP contribution in [0.5, 0.6) is 0 Å². The highest BCUT2D eigenvalue weighted by Gasteiger charge is 2.68. The van der Waals surface area contributed by atoms with Gasteiger partial charge in [0.25, 0.3) is 0 Å². The van der Waals surface area contributed by atoms with Gasteiger partial charge in [-0.2, -0.15) is 0 Å². The first-order chi connectivity index (χ1) is 10.00. The SMILES string of the molecule is COC1OC2C[C@]3(C)CCC4[C@H](C)CCC(C1C)[C@@]24OO3. The third kappa shape index (κ3) is 1.82. The summed E-state index contributed by atoms with van der Waals surface area (Å²) >= 11 is 0. The maximum absolute atomic E-state index is 6.38. The standard InChI is InChI=1S/C17H28O4/c1-10-5-6-13-11(2)15(18-4)19-14-9-16(3)8-7-12(10)17(13,14)21-20-16/h10-15H,5-9H2,1-4H3/t10-,11?,12?,13?,14?,15?,16+,17-/m1/s1. The number of rotatable bonds is 1. The molecular weight excluding hydrogens is 268 g/mol. The van der Waals surface area contributed by atoms with Crippen molar-refractivity contribution in [3.63, 3.8) is 0 Å². The van der Waals surface area contributed by atoms with Gasteiger partial charge in [0.1, 0.15) is 11.2 Å². The average molecular weight is 296 g/mol. The molecule has 1 spiro atoms. The molecule has 0 amide bonds. The lowest BCUT2D eigenvalue weighted by Crippen LogP contribution is -2.69. The van der Waals surface area contributed by atoms with E-state index in [1.165, 1.54) is 19.3 Å². The van der Waals surface area contributed by atoms with Gasteiger partial charge in [0, 0.05) is 25.4 Å². The van der Waals surface area contributed by atoms with Crippen LogP contribution < -0.4 is 0 Å². The van der Waals surface area contributed by atoms with Gasteiger partial charge in [0.05, 0.1) is 6.10 Å². The average Bonchev–Trinajstić information content (AvgIpc) is 2.69. The van der Waals surface area contributed by atoms with Crippen molar-refractivity contribution in [2.24, 2.45) is 23.7 Å². The second kappa shape index (κ2) is 4.67. The first kappa shape index (κ1) is 14.4. The molecule has 8 atom stereocenters. The zero-order valence-electron chi connectivity index (χ0n) is 13.6. The third-order valence-electron chi connectivity index (χ3n) is 6.87. The minimum Gasteiger partial charge on any atom is -0.356 e. The summed E-state index contributed by atoms with van der Waals surface area (Å²) < 4.78 is 12.0. The van der Waals surface area contributed by atoms with Crippen LogP contribution >= 0.6 is 0 Å². The number of methoxy groups -OCH3 is 1. The van der Waals surface area contributed by atoms with Gasteiger partial charge in [-0.25, -0.2) is 9.78 Å². The zero-order valence-corrected chi connectivity index (χ0v) is 13.6. The molecule has 3 saturated heterocycles. The van der Waals surface area contributed by atoms with E-state index in [0.29, 0.717) is 23.7 Å². The molecule has 3 aliphatic heterocycles. The maximum atomic E-state index is 6.38. The minimum atomic E-state index is -0.248. The Balaban J connectivity index is 1.79. The third-order valence-corrected chi connectivity index (χ3v) is 6.87. The normalized spacial score (nSPS) is 59.4. The van der Waals surface area contributed by atoms with Crippen LogP contribution in [0.25, 0.3) is 0 Å². The number of ether oxygens (including phenoxy) is 2. The summed E-state index contributed by atoms with van der Waals surface area (Å²) in [7, 11) is 1.76. The summed E-state index contributed by atoms with van der Waals surface area (Å²) in [6.45, 7) is 6.79. The van der Waals surface area contributed by atoms with Crippen molar-refractivity contribution in [3.8, 4) is 0 Å². The van der Waals surface area contributed by atoms with Gasteiger partial charge in [-0.1, -0.05) is 13.8 Å². The number of hydrogen-bond donors (Lipinski definition) is 0. The van der Waals surface area contributed by atoms with Crippen LogP contribution in [0.15, 0.2) is 0 Å². The topological polar surface area (TPSA) is 36.9 Å². The van der Waals surface area contributed by atoms with Crippen molar-refractivity contribution in [1.29, 1.82) is 0 Å². The fourth-order valence-electron chi connectivity index (χ4n) is 5.69. The molecule has 5 fully saturated rings. The highest BCUT2D eigenvalue weighted by molar-refractivity contribution is 5.13. The van der Waals surface area contributed by atoms with Crippen LogP contribution in [0.3, 0.4) is 0 Å². The first-order valence-electron chi connectivity index (χ1n) is 8.55. The minimum absolute atomic E-state index is 0.105. The second-order valence-electron chi connectivity index (χ2n) is 8.07. The summed E-state index contributed by atoms with van der Waals surface area (Å²) in [6.07, 6.45) is 5.67. The first-order valence-corrected chi connectivity index (χ1v) is 8.55. The molecular formula is C17H28O4. The van der Waals surface area contributed by atoms with E-state index in [-0.39, 0.29) is 23.6 Å². The zero-order chi connectivity index (χ0) is 14.8. The summed E-state index contributed by atoms with van der Waals surface area (Å²) in [5, 5.41) is 0. The van der Waals surface area contributed by atoms with Crippen LogP contribution in [0.1, 0.15) is 52.9 Å². The highest BCUT2D eigenvalue weighted by Crippen LogP contribution is 2.61. The number of hydrogen-bond acceptors (Lipinski definition) is 4. The molecule has 3 heterocycles. The van der Waals surface area contributed by atoms with Crippen molar-refractivity contribution in [3.05, 3.63) is 0 Å². The summed E-state index contributed by atoms with van der Waals surface area (Å²) in [4.78, 5) is 12.1. The molecule has 2 aliphatic carbocycles. The lowest BCUT2D eigenvalue weighted by Gasteiger charge is -2.60. The van der Waals surface area contributed by atoms with E-state index in [9.17, 15) is 0 Å². The summed E-state index contributed by atoms with van der Waals surface area (Å²) in [5.74, 6) is 2.06. The van der Waals surface area contributed by atoms with Crippen LogP contribution in [0, 0.1) is 23.7 Å². The molecule has 0 aromatic rings. The lowest BCUT2D eigenvalue weighted by molar-refractivity contribution is -0.495. The van der Waals surface area contributed by atoms with Crippen molar-refractivity contribution in [2.75, 3.05) is 7.11 Å². The predicted octanol–water partition coefficient (Wildman–Crippen LogP) is 3.30. The van der Waals surface area contributed by atoms with Crippen molar-refractivity contribution < 1.29 is 19.2 Å². The van der Waals surface area contributed by atoms with Crippen molar-refractivity contribution >= 4 is 0 Å². The molecule has 120 valence electrons. The van der Waals surface area contributed by atoms with Gasteiger partial charge < -0.3 is 9.47 Å². The molecule has 5 rings (SSSR count). The van der Waals surface area contributed by atoms with Gasteiger partial charge in [-0.15, -0.1) is 0 Å². The Kier molecular flexibility index (Phi) is 3.21. The quantitative estimate of drug-likeness (QED) is 0.696. The molecule has 5 unspecified atom stereocenters. The monoisotopic (exact) mass is 296 g/mol. The fourth-order valence-corrected chi connectivity index (χ4v) is 5.69. The highest BCUT2D eigenvalue weighted by atomic mass is 17.2. The Morgan fingerprint density at radius 2 is 1.86 bits per heavy atom. The van der Waals surface area contributed by atoms with E-state index in [4.69, 9.17) is 19.2 Å². The predicted molar refractivity (Wildman–Crippen MR) is 77.4 cm³/mol. The van der Waals surface area contributed by atoms with E-state index < -0.39 is 0 Å². The Bertz CT molecular complexity index is 427. The molecule has 2 saturated carbocycles. The molecule has 0 aromatic heterocycles. The van der Waals surface area contributed by atoms with Crippen molar-refractivity contribution in [2.45, 2.75) is 76.5 Å². The molecule has 21 heavy (non-hydrogen) atoms. The Labute approximate surface area is 127 Å². The van der Waals surface area contributed by atoms with E-state index in [2.05, 4.69) is 20.8 Å². The second-order valence-corrected chi connectivity index (χ2v) is 8.07. The molecule has 4 heteroatoms. The fraction of sp³-hybridized carbons (Fsp3) is 1.00. The van der Waals surface area contributed by atoms with Crippen LogP contribution in [-0.4, -0.2) is 30.7 Å².